The maximum absolute atomic E-state index is 13.2. The van der Waals surface area contributed by atoms with Crippen LogP contribution in [0.3, 0.4) is 0 Å². The Labute approximate surface area is 184 Å². The number of nitrogens with one attached hydrogen (secondary N) is 1. The molecule has 0 bridgehead atoms. The minimum atomic E-state index is -3.83. The predicted octanol–water partition coefficient (Wildman–Crippen LogP) is 1.68. The van der Waals surface area contributed by atoms with Gasteiger partial charge in [-0.1, -0.05) is 0 Å². The average Bonchev–Trinajstić information content (AvgIpc) is 3.09. The number of sulfonamides is 1. The van der Waals surface area contributed by atoms with E-state index in [0.29, 0.717) is 28.5 Å². The number of carbonyl (C=O) groups is 1. The molecule has 10 nitrogen and oxygen atoms in total. The first kappa shape index (κ1) is 23.0. The number of aliphatic imine (C=N–C) groups is 1. The van der Waals surface area contributed by atoms with E-state index in [1.807, 2.05) is 0 Å². The molecule has 0 amide bonds. The van der Waals surface area contributed by atoms with Crippen LogP contribution < -0.4 is 15.4 Å². The van der Waals surface area contributed by atoms with Crippen molar-refractivity contribution < 1.29 is 22.7 Å². The summed E-state index contributed by atoms with van der Waals surface area (Å²) in [5, 5.41) is 8.06. The summed E-state index contributed by atoms with van der Waals surface area (Å²) in [5.74, 6) is 0.101. The van der Waals surface area contributed by atoms with Crippen molar-refractivity contribution in [2.24, 2.45) is 10.1 Å². The molecule has 0 aliphatic heterocycles. The Morgan fingerprint density at radius 2 is 1.72 bits per heavy atom. The van der Waals surface area contributed by atoms with Crippen LogP contribution in [0.15, 0.2) is 63.2 Å². The summed E-state index contributed by atoms with van der Waals surface area (Å²) in [4.78, 5) is 29.5. The quantitative estimate of drug-likeness (QED) is 0.407. The highest BCUT2D eigenvalue weighted by molar-refractivity contribution is 7.89. The summed E-state index contributed by atoms with van der Waals surface area (Å²) >= 11 is 0. The maximum atomic E-state index is 13.2. The largest absolute Gasteiger partial charge is 0.497 e. The zero-order chi connectivity index (χ0) is 23.5. The molecule has 0 saturated heterocycles. The normalized spacial score (nSPS) is 11.9. The number of methoxy groups -OCH3 is 2. The maximum Gasteiger partial charge on any atom is 0.311 e. The molecule has 32 heavy (non-hydrogen) atoms. The van der Waals surface area contributed by atoms with Crippen molar-refractivity contribution in [3.05, 3.63) is 70.1 Å². The number of aromatic amines is 1. The molecule has 0 saturated carbocycles. The molecule has 3 rings (SSSR count). The summed E-state index contributed by atoms with van der Waals surface area (Å²) in [6.45, 7) is 1.62. The number of benzene rings is 2. The number of rotatable bonds is 7. The van der Waals surface area contributed by atoms with E-state index >= 15 is 0 Å². The van der Waals surface area contributed by atoms with Gasteiger partial charge in [0.15, 0.2) is 0 Å². The number of aromatic nitrogens is 2. The van der Waals surface area contributed by atoms with Gasteiger partial charge in [-0.3, -0.25) is 19.7 Å². The molecule has 0 unspecified atom stereocenters. The van der Waals surface area contributed by atoms with Crippen molar-refractivity contribution in [2.75, 3.05) is 14.2 Å². The van der Waals surface area contributed by atoms with Crippen molar-refractivity contribution in [2.45, 2.75) is 18.2 Å². The lowest BCUT2D eigenvalue weighted by Crippen LogP contribution is -2.20. The fraction of sp³-hybridized carbons (Fsp3) is 0.190. The summed E-state index contributed by atoms with van der Waals surface area (Å²) < 4.78 is 34.0. The number of esters is 1. The fourth-order valence-electron chi connectivity index (χ4n) is 3.07. The summed E-state index contributed by atoms with van der Waals surface area (Å²) in [7, 11) is -1.03. The smallest absolute Gasteiger partial charge is 0.311 e. The van der Waals surface area contributed by atoms with E-state index in [1.165, 1.54) is 43.2 Å². The number of H-pyrrole nitrogens is 1. The number of hydrogen-bond donors (Lipinski definition) is 2. The first-order chi connectivity index (χ1) is 15.1. The summed E-state index contributed by atoms with van der Waals surface area (Å²) in [6, 6.07) is 12.4. The average molecular weight is 458 g/mol. The number of carbonyl (C=O) groups excluding carboxylic acids is 1. The van der Waals surface area contributed by atoms with E-state index in [-0.39, 0.29) is 16.9 Å². The van der Waals surface area contributed by atoms with Crippen molar-refractivity contribution in [1.29, 1.82) is 0 Å². The van der Waals surface area contributed by atoms with Gasteiger partial charge in [0.05, 0.1) is 53.9 Å². The molecule has 2 aromatic carbocycles. The molecule has 168 valence electrons. The second kappa shape index (κ2) is 9.20. The van der Waals surface area contributed by atoms with Gasteiger partial charge in [0.2, 0.25) is 10.0 Å². The van der Waals surface area contributed by atoms with Gasteiger partial charge in [-0.05, 0) is 55.5 Å². The lowest BCUT2D eigenvalue weighted by Gasteiger charge is -2.03. The van der Waals surface area contributed by atoms with Crippen LogP contribution in [0.4, 0.5) is 5.69 Å². The Balaban J connectivity index is 2.08. The molecule has 0 fully saturated rings. The van der Waals surface area contributed by atoms with Crippen molar-refractivity contribution in [3.8, 4) is 11.4 Å². The van der Waals surface area contributed by atoms with Gasteiger partial charge in [-0.15, -0.1) is 0 Å². The van der Waals surface area contributed by atoms with Crippen LogP contribution in [-0.2, 0) is 26.0 Å². The minimum absolute atomic E-state index is 0.0519. The molecule has 0 aliphatic carbocycles. The Kier molecular flexibility index (Phi) is 6.61. The van der Waals surface area contributed by atoms with Crippen LogP contribution >= 0.6 is 0 Å². The van der Waals surface area contributed by atoms with Gasteiger partial charge < -0.3 is 9.47 Å². The lowest BCUT2D eigenvalue weighted by molar-refractivity contribution is -0.139. The van der Waals surface area contributed by atoms with E-state index < -0.39 is 21.6 Å². The Morgan fingerprint density at radius 3 is 2.25 bits per heavy atom. The van der Waals surface area contributed by atoms with E-state index in [0.717, 1.165) is 0 Å². The van der Waals surface area contributed by atoms with Crippen LogP contribution in [0.25, 0.3) is 5.69 Å². The number of hydrogen-bond acceptors (Lipinski definition) is 7. The van der Waals surface area contributed by atoms with Gasteiger partial charge in [-0.2, -0.15) is 0 Å². The number of nitrogens with two attached hydrogens (primary N) is 1. The molecule has 11 heteroatoms. The molecule has 1 aromatic heterocycles. The Bertz CT molecular complexity index is 1320. The van der Waals surface area contributed by atoms with Gasteiger partial charge >= 0.3 is 5.97 Å². The Morgan fingerprint density at radius 1 is 1.09 bits per heavy atom. The third-order valence-electron chi connectivity index (χ3n) is 4.67. The SMILES string of the molecule is COC(=O)Cc1[nH]n(-c2ccc(OC)cc2)c(=O)c1C(C)=Nc1ccc(S(N)(=O)=O)cc1. The van der Waals surface area contributed by atoms with Crippen molar-refractivity contribution in [1.82, 2.24) is 9.78 Å². The first-order valence-electron chi connectivity index (χ1n) is 9.37. The highest BCUT2D eigenvalue weighted by atomic mass is 32.2. The number of nitrogens with zero attached hydrogens (tertiary/aromatic N) is 2. The topological polar surface area (TPSA) is 146 Å². The monoisotopic (exact) mass is 458 g/mol. The van der Waals surface area contributed by atoms with Crippen molar-refractivity contribution in [3.63, 3.8) is 0 Å². The van der Waals surface area contributed by atoms with Gasteiger partial charge in [0.1, 0.15) is 5.75 Å². The molecule has 3 N–H and O–H groups in total. The second-order valence-corrected chi connectivity index (χ2v) is 8.35. The molecular formula is C21H22N4O6S. The van der Waals surface area contributed by atoms with E-state index in [4.69, 9.17) is 14.6 Å². The van der Waals surface area contributed by atoms with Crippen LogP contribution in [-0.4, -0.2) is 44.1 Å². The second-order valence-electron chi connectivity index (χ2n) is 6.79. The summed E-state index contributed by atoms with van der Waals surface area (Å²) in [5.41, 5.74) is 1.42. The zero-order valence-corrected chi connectivity index (χ0v) is 18.5. The molecule has 3 aromatic rings. The third kappa shape index (κ3) is 4.95. The van der Waals surface area contributed by atoms with Crippen LogP contribution in [0.5, 0.6) is 5.75 Å². The number of ether oxygens (including phenoxy) is 2. The van der Waals surface area contributed by atoms with E-state index in [9.17, 15) is 18.0 Å². The molecule has 0 aliphatic rings. The highest BCUT2D eigenvalue weighted by Crippen LogP contribution is 2.19. The minimum Gasteiger partial charge on any atom is -0.497 e. The third-order valence-corrected chi connectivity index (χ3v) is 5.60. The molecule has 0 spiro atoms. The zero-order valence-electron chi connectivity index (χ0n) is 17.7. The van der Waals surface area contributed by atoms with Crippen LogP contribution in [0, 0.1) is 0 Å². The van der Waals surface area contributed by atoms with Crippen LogP contribution in [0.2, 0.25) is 0 Å². The lowest BCUT2D eigenvalue weighted by atomic mass is 10.1. The van der Waals surface area contributed by atoms with Gasteiger partial charge in [-0.25, -0.2) is 18.2 Å². The fourth-order valence-corrected chi connectivity index (χ4v) is 3.59. The van der Waals surface area contributed by atoms with E-state index in [1.54, 1.807) is 31.2 Å². The molecule has 0 atom stereocenters. The molecular weight excluding hydrogens is 436 g/mol. The number of primary sulfonamides is 1. The van der Waals surface area contributed by atoms with Gasteiger partial charge in [0, 0.05) is 0 Å². The van der Waals surface area contributed by atoms with E-state index in [2.05, 4.69) is 10.1 Å². The molecule has 1 heterocycles. The predicted molar refractivity (Wildman–Crippen MR) is 118 cm³/mol. The molecule has 0 radical (unpaired) electrons. The standard InChI is InChI=1S/C21H22N4O6S/c1-13(23-14-4-10-17(11-5-14)32(22,28)29)20-18(12-19(26)31-3)24-25(21(20)27)15-6-8-16(30-2)9-7-15/h4-11,24H,12H2,1-3H3,(H2,22,28,29). The van der Waals surface area contributed by atoms with Crippen LogP contribution in [0.1, 0.15) is 18.2 Å². The first-order valence-corrected chi connectivity index (χ1v) is 10.9. The Hall–Kier alpha value is -3.70. The highest BCUT2D eigenvalue weighted by Gasteiger charge is 2.20. The van der Waals surface area contributed by atoms with Gasteiger partial charge in [0.25, 0.3) is 5.56 Å². The van der Waals surface area contributed by atoms with Crippen molar-refractivity contribution >= 4 is 27.4 Å². The summed E-state index contributed by atoms with van der Waals surface area (Å²) in [6.07, 6.45) is -0.165.